The maximum Gasteiger partial charge on any atom is 0.244 e. The van der Waals surface area contributed by atoms with Gasteiger partial charge in [-0.3, -0.25) is 9.59 Å². The van der Waals surface area contributed by atoms with Crippen molar-refractivity contribution >= 4 is 51.6 Å². The Hall–Kier alpha value is -3.09. The van der Waals surface area contributed by atoms with Crippen LogP contribution in [0.25, 0.3) is 10.9 Å². The number of para-hydroxylation sites is 1. The van der Waals surface area contributed by atoms with E-state index in [1.807, 2.05) is 37.3 Å². The second-order valence-electron chi connectivity index (χ2n) is 7.03. The second kappa shape index (κ2) is 9.37. The number of nitrogens with zero attached hydrogens (tertiary/aromatic N) is 2. The van der Waals surface area contributed by atoms with Crippen LogP contribution in [0, 0.1) is 6.92 Å². The molecule has 0 atom stereocenters. The Morgan fingerprint density at radius 3 is 2.61 bits per heavy atom. The first-order valence-electron chi connectivity index (χ1n) is 9.39. The third-order valence-electron chi connectivity index (χ3n) is 4.81. The summed E-state index contributed by atoms with van der Waals surface area (Å²) in [5.41, 5.74) is 7.75. The van der Waals surface area contributed by atoms with E-state index < -0.39 is 5.91 Å². The SMILES string of the molecule is C=C(CC(=O)N(C)c1ccc(Cl)c(COc2cccc3ccc(C)nc23)c1Cl)C(N)=O. The smallest absolute Gasteiger partial charge is 0.244 e. The molecule has 0 aliphatic carbocycles. The molecule has 8 heteroatoms. The molecule has 3 aromatic rings. The molecule has 2 N–H and O–H groups in total. The fourth-order valence-corrected chi connectivity index (χ4v) is 3.59. The molecule has 160 valence electrons. The van der Waals surface area contributed by atoms with Crippen molar-refractivity contribution in [3.63, 3.8) is 0 Å². The lowest BCUT2D eigenvalue weighted by molar-refractivity contribution is -0.120. The highest BCUT2D eigenvalue weighted by atomic mass is 35.5. The Bertz CT molecular complexity index is 1190. The number of ether oxygens (including phenoxy) is 1. The van der Waals surface area contributed by atoms with Crippen LogP contribution in [0.15, 0.2) is 54.6 Å². The van der Waals surface area contributed by atoms with Crippen LogP contribution >= 0.6 is 23.2 Å². The van der Waals surface area contributed by atoms with Crippen LogP contribution in [0.4, 0.5) is 5.69 Å². The summed E-state index contributed by atoms with van der Waals surface area (Å²) in [6, 6.07) is 12.8. The monoisotopic (exact) mass is 457 g/mol. The van der Waals surface area contributed by atoms with E-state index in [2.05, 4.69) is 11.6 Å². The summed E-state index contributed by atoms with van der Waals surface area (Å²) < 4.78 is 6.00. The van der Waals surface area contributed by atoms with Crippen molar-refractivity contribution in [2.24, 2.45) is 5.73 Å². The van der Waals surface area contributed by atoms with Gasteiger partial charge >= 0.3 is 0 Å². The summed E-state index contributed by atoms with van der Waals surface area (Å²) in [5, 5.41) is 1.63. The molecule has 1 heterocycles. The number of hydrogen-bond acceptors (Lipinski definition) is 4. The van der Waals surface area contributed by atoms with E-state index in [-0.39, 0.29) is 29.5 Å². The molecule has 0 bridgehead atoms. The van der Waals surface area contributed by atoms with Gasteiger partial charge in [0.05, 0.1) is 17.1 Å². The number of hydrogen-bond donors (Lipinski definition) is 1. The van der Waals surface area contributed by atoms with E-state index in [0.717, 1.165) is 16.6 Å². The van der Waals surface area contributed by atoms with Gasteiger partial charge in [-0.15, -0.1) is 0 Å². The van der Waals surface area contributed by atoms with Crippen LogP contribution in [-0.4, -0.2) is 23.8 Å². The first-order chi connectivity index (χ1) is 14.7. The van der Waals surface area contributed by atoms with Gasteiger partial charge in [0.25, 0.3) is 0 Å². The van der Waals surface area contributed by atoms with Crippen molar-refractivity contribution < 1.29 is 14.3 Å². The maximum atomic E-state index is 12.5. The van der Waals surface area contributed by atoms with Crippen molar-refractivity contribution in [2.75, 3.05) is 11.9 Å². The van der Waals surface area contributed by atoms with Gasteiger partial charge in [0.2, 0.25) is 11.8 Å². The number of fused-ring (bicyclic) bond motifs is 1. The number of amides is 2. The number of aromatic nitrogens is 1. The minimum absolute atomic E-state index is 0.0178. The van der Waals surface area contributed by atoms with Crippen LogP contribution in [0.2, 0.25) is 10.0 Å². The van der Waals surface area contributed by atoms with Gasteiger partial charge in [0, 0.05) is 34.3 Å². The molecule has 31 heavy (non-hydrogen) atoms. The highest BCUT2D eigenvalue weighted by Crippen LogP contribution is 2.35. The standard InChI is InChI=1S/C23H21Cl2N3O3/c1-13(23(26)30)11-20(29)28(3)18-10-9-17(24)16(21(18)25)12-31-19-6-4-5-15-8-7-14(2)27-22(15)19/h4-10H,1,11-12H2,2-3H3,(H2,26,30). The number of rotatable bonds is 7. The van der Waals surface area contributed by atoms with Crippen molar-refractivity contribution in [3.8, 4) is 5.75 Å². The van der Waals surface area contributed by atoms with Crippen LogP contribution < -0.4 is 15.4 Å². The Balaban J connectivity index is 1.86. The number of anilines is 1. The van der Waals surface area contributed by atoms with Crippen LogP contribution in [0.3, 0.4) is 0 Å². The van der Waals surface area contributed by atoms with Crippen LogP contribution in [-0.2, 0) is 16.2 Å². The van der Waals surface area contributed by atoms with E-state index in [1.54, 1.807) is 19.2 Å². The molecular weight excluding hydrogens is 437 g/mol. The number of carbonyl (C=O) groups excluding carboxylic acids is 2. The maximum absolute atomic E-state index is 12.5. The summed E-state index contributed by atoms with van der Waals surface area (Å²) in [6.07, 6.45) is -0.211. The van der Waals surface area contributed by atoms with Crippen molar-refractivity contribution in [3.05, 3.63) is 75.9 Å². The molecule has 0 saturated carbocycles. The Labute approximate surface area is 190 Å². The average Bonchev–Trinajstić information content (AvgIpc) is 2.73. The Kier molecular flexibility index (Phi) is 6.83. The normalized spacial score (nSPS) is 10.7. The fourth-order valence-electron chi connectivity index (χ4n) is 2.98. The topological polar surface area (TPSA) is 85.5 Å². The molecule has 2 aromatic carbocycles. The Morgan fingerprint density at radius 2 is 1.90 bits per heavy atom. The van der Waals surface area contributed by atoms with E-state index in [0.29, 0.717) is 22.0 Å². The summed E-state index contributed by atoms with van der Waals surface area (Å²) in [5.74, 6) is -0.508. The average molecular weight is 458 g/mol. The minimum Gasteiger partial charge on any atom is -0.487 e. The van der Waals surface area contributed by atoms with Gasteiger partial charge in [-0.2, -0.15) is 0 Å². The molecule has 0 unspecified atom stereocenters. The fraction of sp³-hybridized carbons (Fsp3) is 0.174. The molecule has 0 fully saturated rings. The molecule has 6 nitrogen and oxygen atoms in total. The number of halogens is 2. The van der Waals surface area contributed by atoms with E-state index in [9.17, 15) is 9.59 Å². The summed E-state index contributed by atoms with van der Waals surface area (Å²) >= 11 is 12.9. The second-order valence-corrected chi connectivity index (χ2v) is 7.81. The molecular formula is C23H21Cl2N3O3. The predicted molar refractivity (Wildman–Crippen MR) is 124 cm³/mol. The molecule has 0 aliphatic heterocycles. The zero-order chi connectivity index (χ0) is 22.7. The van der Waals surface area contributed by atoms with Gasteiger partial charge in [-0.1, -0.05) is 48.0 Å². The number of pyridine rings is 1. The Morgan fingerprint density at radius 1 is 1.16 bits per heavy atom. The molecule has 0 spiro atoms. The molecule has 2 amide bonds. The largest absolute Gasteiger partial charge is 0.487 e. The molecule has 0 radical (unpaired) electrons. The quantitative estimate of drug-likeness (QED) is 0.515. The first-order valence-corrected chi connectivity index (χ1v) is 10.1. The van der Waals surface area contributed by atoms with Gasteiger partial charge in [0.15, 0.2) is 0 Å². The van der Waals surface area contributed by atoms with Crippen molar-refractivity contribution in [1.82, 2.24) is 4.98 Å². The van der Waals surface area contributed by atoms with Gasteiger partial charge in [-0.25, -0.2) is 4.98 Å². The third kappa shape index (κ3) is 4.98. The number of aryl methyl sites for hydroxylation is 1. The zero-order valence-corrected chi connectivity index (χ0v) is 18.6. The highest BCUT2D eigenvalue weighted by Gasteiger charge is 2.20. The molecule has 0 saturated heterocycles. The lowest BCUT2D eigenvalue weighted by atomic mass is 10.1. The van der Waals surface area contributed by atoms with E-state index >= 15 is 0 Å². The number of carbonyl (C=O) groups is 2. The molecule has 0 aliphatic rings. The van der Waals surface area contributed by atoms with Gasteiger partial charge in [0.1, 0.15) is 17.9 Å². The minimum atomic E-state index is -0.725. The number of benzene rings is 2. The summed E-state index contributed by atoms with van der Waals surface area (Å²) in [4.78, 5) is 29.6. The van der Waals surface area contributed by atoms with Gasteiger partial charge in [-0.05, 0) is 31.2 Å². The lowest BCUT2D eigenvalue weighted by Crippen LogP contribution is -2.29. The lowest BCUT2D eigenvalue weighted by Gasteiger charge is -2.21. The van der Waals surface area contributed by atoms with Crippen LogP contribution in [0.5, 0.6) is 5.75 Å². The third-order valence-corrected chi connectivity index (χ3v) is 5.58. The highest BCUT2D eigenvalue weighted by molar-refractivity contribution is 6.38. The molecule has 1 aromatic heterocycles. The van der Waals surface area contributed by atoms with Crippen molar-refractivity contribution in [1.29, 1.82) is 0 Å². The zero-order valence-electron chi connectivity index (χ0n) is 17.1. The number of nitrogens with two attached hydrogens (primary N) is 1. The number of primary amides is 1. The molecule has 3 rings (SSSR count). The van der Waals surface area contributed by atoms with Crippen molar-refractivity contribution in [2.45, 2.75) is 20.0 Å². The summed E-state index contributed by atoms with van der Waals surface area (Å²) in [6.45, 7) is 5.51. The predicted octanol–water partition coefficient (Wildman–Crippen LogP) is 4.82. The van der Waals surface area contributed by atoms with E-state index in [1.165, 1.54) is 4.90 Å². The van der Waals surface area contributed by atoms with Crippen LogP contribution in [0.1, 0.15) is 17.7 Å². The van der Waals surface area contributed by atoms with Gasteiger partial charge < -0.3 is 15.4 Å². The first kappa shape index (κ1) is 22.6. The van der Waals surface area contributed by atoms with E-state index in [4.69, 9.17) is 33.7 Å². The summed E-state index contributed by atoms with van der Waals surface area (Å²) in [7, 11) is 1.55.